The van der Waals surface area contributed by atoms with Gasteiger partial charge in [0.25, 0.3) is 23.6 Å². The quantitative estimate of drug-likeness (QED) is 0.250. The smallest absolute Gasteiger partial charge is 0.342 e. The Hall–Kier alpha value is -6.77. The Balaban J connectivity index is 0.752. The number of hydrogen-bond donors (Lipinski definition) is 3. The molecule has 7 amide bonds. The van der Waals surface area contributed by atoms with E-state index in [-0.39, 0.29) is 71.9 Å². The molecule has 1 unspecified atom stereocenters. The number of nitrogens with one attached hydrogen (secondary N) is 3. The van der Waals surface area contributed by atoms with Gasteiger partial charge >= 0.3 is 5.92 Å². The number of benzene rings is 2. The van der Waals surface area contributed by atoms with Gasteiger partial charge in [-0.25, -0.2) is 4.98 Å². The highest BCUT2D eigenvalue weighted by molar-refractivity contribution is 6.23. The van der Waals surface area contributed by atoms with Crippen LogP contribution in [0.15, 0.2) is 42.6 Å². The lowest BCUT2D eigenvalue weighted by Crippen LogP contribution is -2.54. The molecule has 0 bridgehead atoms. The second-order valence-electron chi connectivity index (χ2n) is 17.6. The molecule has 66 heavy (non-hydrogen) atoms. The summed E-state index contributed by atoms with van der Waals surface area (Å²) in [5, 5.41) is 8.39. The Morgan fingerprint density at radius 3 is 2.33 bits per heavy atom. The van der Waals surface area contributed by atoms with Crippen LogP contribution in [-0.4, -0.2) is 157 Å². The number of piperazine rings is 1. The summed E-state index contributed by atoms with van der Waals surface area (Å²) >= 11 is 0. The van der Waals surface area contributed by atoms with Crippen molar-refractivity contribution in [2.45, 2.75) is 75.4 Å². The van der Waals surface area contributed by atoms with Gasteiger partial charge in [0.1, 0.15) is 17.5 Å². The van der Waals surface area contributed by atoms with Crippen LogP contribution in [0.3, 0.4) is 0 Å². The van der Waals surface area contributed by atoms with Crippen LogP contribution < -0.4 is 35.4 Å². The zero-order valence-corrected chi connectivity index (χ0v) is 36.7. The van der Waals surface area contributed by atoms with Crippen LogP contribution in [0.5, 0.6) is 5.75 Å². The van der Waals surface area contributed by atoms with Gasteiger partial charge in [-0.15, -0.1) is 0 Å². The monoisotopic (exact) mass is 911 g/mol. The summed E-state index contributed by atoms with van der Waals surface area (Å²) in [5.74, 6) is -6.74. The number of rotatable bonds is 10. The summed E-state index contributed by atoms with van der Waals surface area (Å²) in [6, 6.07) is 8.53. The van der Waals surface area contributed by atoms with Crippen molar-refractivity contribution in [3.63, 3.8) is 0 Å². The standard InChI is InChI=1S/C45H51F2N11O8/c1-53-34-23-48-44(52-38(34)57(28-5-3-4-6-28)25-45(46,47)43(53)65)50-32-10-7-26(21-35(32)66-2)39(61)49-27-13-15-56(16-14-27)37(60)24-54-17-19-55(20-18-54)29-8-9-30-31(22-29)42(64)58(41(30)63)33-11-12-36(59)51-40(33)62/h7-10,21-23,27-28,33H,3-6,11-20,24-25H2,1-2H3,(H,49,61)(H,48,50,52)(H,51,59,62). The number of anilines is 5. The highest BCUT2D eigenvalue weighted by atomic mass is 19.3. The van der Waals surface area contributed by atoms with E-state index in [9.17, 15) is 33.6 Å². The summed E-state index contributed by atoms with van der Waals surface area (Å²) in [7, 11) is 2.75. The number of hydrogen-bond acceptors (Lipinski definition) is 14. The first-order valence-corrected chi connectivity index (χ1v) is 22.4. The molecule has 9 rings (SSSR count). The molecule has 3 aromatic rings. The van der Waals surface area contributed by atoms with Gasteiger partial charge in [0.05, 0.1) is 43.2 Å². The van der Waals surface area contributed by atoms with Gasteiger partial charge in [-0.2, -0.15) is 13.8 Å². The van der Waals surface area contributed by atoms with Crippen molar-refractivity contribution < 1.29 is 47.1 Å². The van der Waals surface area contributed by atoms with Crippen LogP contribution >= 0.6 is 0 Å². The Labute approximate surface area is 378 Å². The van der Waals surface area contributed by atoms with Crippen molar-refractivity contribution in [1.82, 2.24) is 35.3 Å². The van der Waals surface area contributed by atoms with E-state index in [1.807, 2.05) is 4.90 Å². The van der Waals surface area contributed by atoms with E-state index in [0.29, 0.717) is 82.0 Å². The van der Waals surface area contributed by atoms with Crippen molar-refractivity contribution in [3.05, 3.63) is 59.3 Å². The van der Waals surface area contributed by atoms with Crippen LogP contribution in [0.2, 0.25) is 0 Å². The Kier molecular flexibility index (Phi) is 12.0. The van der Waals surface area contributed by atoms with Crippen molar-refractivity contribution in [3.8, 4) is 5.75 Å². The summed E-state index contributed by atoms with van der Waals surface area (Å²) in [6.07, 6.45) is 5.86. The number of carbonyl (C=O) groups excluding carboxylic acids is 7. The second kappa shape index (κ2) is 17.9. The van der Waals surface area contributed by atoms with Crippen LogP contribution in [0.25, 0.3) is 0 Å². The Bertz CT molecular complexity index is 2490. The third-order valence-electron chi connectivity index (χ3n) is 13.5. The number of halogens is 2. The summed E-state index contributed by atoms with van der Waals surface area (Å²) in [6.45, 7) is 2.80. The van der Waals surface area contributed by atoms with Crippen molar-refractivity contribution in [2.24, 2.45) is 0 Å². The maximum atomic E-state index is 15.1. The maximum absolute atomic E-state index is 15.1. The van der Waals surface area contributed by atoms with Gasteiger partial charge in [0.2, 0.25) is 23.7 Å². The summed E-state index contributed by atoms with van der Waals surface area (Å²) in [5.41, 5.74) is 2.18. The number of carbonyl (C=O) groups is 7. The minimum absolute atomic E-state index is 0.000568. The number of aromatic nitrogens is 2. The van der Waals surface area contributed by atoms with E-state index in [4.69, 9.17) is 4.74 Å². The Morgan fingerprint density at radius 1 is 0.894 bits per heavy atom. The molecule has 6 aliphatic rings. The number of imide groups is 2. The first-order chi connectivity index (χ1) is 31.7. The summed E-state index contributed by atoms with van der Waals surface area (Å²) in [4.78, 5) is 108. The molecule has 3 saturated heterocycles. The molecule has 348 valence electrons. The zero-order chi connectivity index (χ0) is 46.4. The third-order valence-corrected chi connectivity index (χ3v) is 13.5. The lowest BCUT2D eigenvalue weighted by molar-refractivity contribution is -0.140. The molecule has 0 spiro atoms. The van der Waals surface area contributed by atoms with E-state index in [2.05, 4.69) is 35.7 Å². The molecule has 1 saturated carbocycles. The SMILES string of the molecule is COc1cc(C(=O)NC2CCN(C(=O)CN3CCN(c4ccc5c(c4)C(=O)N(C4CCC(=O)NC4=O)C5=O)CC3)CC2)ccc1Nc1ncc2c(n1)N(C1CCCC1)CC(F)(F)C(=O)N2C. The molecular formula is C45H51F2N11O8. The molecule has 1 aliphatic carbocycles. The van der Waals surface area contributed by atoms with Crippen molar-refractivity contribution in [2.75, 3.05) is 86.5 Å². The largest absolute Gasteiger partial charge is 0.495 e. The number of methoxy groups -OCH3 is 1. The van der Waals surface area contributed by atoms with E-state index in [1.54, 1.807) is 36.4 Å². The number of ether oxygens (including phenoxy) is 1. The molecule has 5 aliphatic heterocycles. The van der Waals surface area contributed by atoms with E-state index < -0.39 is 48.0 Å². The van der Waals surface area contributed by atoms with Gasteiger partial charge in [0.15, 0.2) is 5.82 Å². The second-order valence-corrected chi connectivity index (χ2v) is 17.6. The summed E-state index contributed by atoms with van der Waals surface area (Å²) < 4.78 is 35.7. The molecular weight excluding hydrogens is 861 g/mol. The van der Waals surface area contributed by atoms with Crippen LogP contribution in [0, 0.1) is 0 Å². The average Bonchev–Trinajstić information content (AvgIpc) is 3.92. The number of alkyl halides is 2. The topological polar surface area (TPSA) is 210 Å². The molecule has 1 aromatic heterocycles. The average molecular weight is 912 g/mol. The van der Waals surface area contributed by atoms with Crippen LogP contribution in [0.1, 0.15) is 82.4 Å². The highest BCUT2D eigenvalue weighted by Crippen LogP contribution is 2.40. The minimum Gasteiger partial charge on any atom is -0.495 e. The van der Waals surface area contributed by atoms with Gasteiger partial charge in [-0.05, 0) is 68.5 Å². The van der Waals surface area contributed by atoms with E-state index >= 15 is 8.78 Å². The number of likely N-dealkylation sites (tertiary alicyclic amines) is 1. The number of amides is 7. The fourth-order valence-electron chi connectivity index (χ4n) is 9.81. The first kappa shape index (κ1) is 44.4. The van der Waals surface area contributed by atoms with Gasteiger partial charge in [-0.1, -0.05) is 12.8 Å². The molecule has 2 aromatic carbocycles. The molecule has 21 heteroatoms. The van der Waals surface area contributed by atoms with Gasteiger partial charge < -0.3 is 35.0 Å². The molecule has 19 nitrogen and oxygen atoms in total. The molecule has 1 atom stereocenters. The highest BCUT2D eigenvalue weighted by Gasteiger charge is 2.49. The minimum atomic E-state index is -3.60. The lowest BCUT2D eigenvalue weighted by atomic mass is 10.0. The molecule has 0 radical (unpaired) electrons. The normalized spacial score (nSPS) is 21.7. The molecule has 6 heterocycles. The van der Waals surface area contributed by atoms with Crippen LogP contribution in [-0.2, 0) is 19.2 Å². The van der Waals surface area contributed by atoms with Crippen molar-refractivity contribution in [1.29, 1.82) is 0 Å². The molecule has 4 fully saturated rings. The van der Waals surface area contributed by atoms with Gasteiger partial charge in [0, 0.05) is 76.1 Å². The lowest BCUT2D eigenvalue weighted by Gasteiger charge is -2.38. The van der Waals surface area contributed by atoms with Crippen molar-refractivity contribution >= 4 is 70.2 Å². The zero-order valence-electron chi connectivity index (χ0n) is 36.7. The number of fused-ring (bicyclic) bond motifs is 2. The predicted octanol–water partition coefficient (Wildman–Crippen LogP) is 2.53. The van der Waals surface area contributed by atoms with Crippen LogP contribution in [0.4, 0.5) is 37.6 Å². The fraction of sp³-hybridized carbons (Fsp3) is 0.489. The number of piperidine rings is 2. The fourth-order valence-corrected chi connectivity index (χ4v) is 9.81. The maximum Gasteiger partial charge on any atom is 0.342 e. The molecule has 3 N–H and O–H groups in total. The number of nitrogens with zero attached hydrogens (tertiary/aromatic N) is 8. The third kappa shape index (κ3) is 8.58. The van der Waals surface area contributed by atoms with E-state index in [0.717, 1.165) is 28.3 Å². The van der Waals surface area contributed by atoms with Gasteiger partial charge in [-0.3, -0.25) is 48.7 Å². The Morgan fingerprint density at radius 2 is 1.62 bits per heavy atom. The first-order valence-electron chi connectivity index (χ1n) is 22.4. The van der Waals surface area contributed by atoms with E-state index in [1.165, 1.54) is 25.3 Å². The predicted molar refractivity (Wildman–Crippen MR) is 235 cm³/mol.